The Kier molecular flexibility index (Phi) is 4.72. The molecule has 5 heteroatoms. The van der Waals surface area contributed by atoms with Crippen molar-refractivity contribution < 1.29 is 9.53 Å². The van der Waals surface area contributed by atoms with Crippen LogP contribution in [0.5, 0.6) is 5.75 Å². The first kappa shape index (κ1) is 14.4. The van der Waals surface area contributed by atoms with Gasteiger partial charge in [0.25, 0.3) is 0 Å². The molecule has 114 valence electrons. The van der Waals surface area contributed by atoms with Gasteiger partial charge in [0.15, 0.2) is 0 Å². The second-order valence-electron chi connectivity index (χ2n) is 5.62. The number of nitrogens with zero attached hydrogens (tertiary/aromatic N) is 1. The second kappa shape index (κ2) is 6.91. The molecule has 0 aliphatic carbocycles. The van der Waals surface area contributed by atoms with Crippen LogP contribution in [-0.4, -0.2) is 50.1 Å². The highest BCUT2D eigenvalue weighted by Gasteiger charge is 2.18. The number of carbonyl (C=O) groups excluding carboxylic acids is 1. The van der Waals surface area contributed by atoms with Gasteiger partial charge in [-0.2, -0.15) is 0 Å². The van der Waals surface area contributed by atoms with Gasteiger partial charge in [0.1, 0.15) is 5.75 Å². The highest BCUT2D eigenvalue weighted by Crippen LogP contribution is 2.31. The van der Waals surface area contributed by atoms with Crippen molar-refractivity contribution in [1.82, 2.24) is 10.2 Å². The smallest absolute Gasteiger partial charge is 0.224 e. The summed E-state index contributed by atoms with van der Waals surface area (Å²) in [6.07, 6.45) is 2.36. The van der Waals surface area contributed by atoms with Gasteiger partial charge < -0.3 is 20.3 Å². The van der Waals surface area contributed by atoms with Gasteiger partial charge in [0.05, 0.1) is 6.61 Å². The topological polar surface area (TPSA) is 53.6 Å². The van der Waals surface area contributed by atoms with Gasteiger partial charge in [0, 0.05) is 50.4 Å². The number of hydrogen-bond acceptors (Lipinski definition) is 4. The van der Waals surface area contributed by atoms with Crippen LogP contribution in [0.1, 0.15) is 18.4 Å². The number of nitrogens with one attached hydrogen (secondary N) is 2. The summed E-state index contributed by atoms with van der Waals surface area (Å²) >= 11 is 0. The fourth-order valence-electron chi connectivity index (χ4n) is 2.93. The molecule has 0 spiro atoms. The molecule has 0 atom stereocenters. The monoisotopic (exact) mass is 289 g/mol. The van der Waals surface area contributed by atoms with Crippen molar-refractivity contribution in [2.24, 2.45) is 0 Å². The Morgan fingerprint density at radius 1 is 1.19 bits per heavy atom. The third-order valence-electron chi connectivity index (χ3n) is 4.10. The molecule has 0 saturated carbocycles. The minimum atomic E-state index is 0.0957. The van der Waals surface area contributed by atoms with E-state index in [1.807, 2.05) is 18.2 Å². The Hall–Kier alpha value is -1.59. The van der Waals surface area contributed by atoms with Crippen molar-refractivity contribution >= 4 is 11.6 Å². The standard InChI is InChI=1S/C16H23N3O2/c20-16-6-5-13-14(18-16)3-1-4-15(13)21-12-2-9-19-10-7-17-8-11-19/h1,3-4,17H,2,5-12H2,(H,18,20). The quantitative estimate of drug-likeness (QED) is 0.801. The zero-order valence-electron chi connectivity index (χ0n) is 12.4. The predicted molar refractivity (Wildman–Crippen MR) is 82.8 cm³/mol. The van der Waals surface area contributed by atoms with Crippen molar-refractivity contribution in [1.29, 1.82) is 0 Å². The summed E-state index contributed by atoms with van der Waals surface area (Å²) in [6, 6.07) is 5.89. The maximum absolute atomic E-state index is 11.4. The van der Waals surface area contributed by atoms with Crippen molar-refractivity contribution in [3.8, 4) is 5.75 Å². The van der Waals surface area contributed by atoms with Crippen LogP contribution in [0, 0.1) is 0 Å². The number of carbonyl (C=O) groups is 1. The van der Waals surface area contributed by atoms with E-state index in [1.54, 1.807) is 0 Å². The molecule has 2 heterocycles. The Balaban J connectivity index is 1.49. The number of hydrogen-bond donors (Lipinski definition) is 2. The van der Waals surface area contributed by atoms with Crippen LogP contribution >= 0.6 is 0 Å². The maximum Gasteiger partial charge on any atom is 0.224 e. The summed E-state index contributed by atoms with van der Waals surface area (Å²) in [4.78, 5) is 13.9. The molecule has 0 radical (unpaired) electrons. The lowest BCUT2D eigenvalue weighted by Gasteiger charge is -2.27. The molecular formula is C16H23N3O2. The van der Waals surface area contributed by atoms with Crippen LogP contribution in [0.3, 0.4) is 0 Å². The molecule has 0 bridgehead atoms. The number of amides is 1. The predicted octanol–water partition coefficient (Wildman–Crippen LogP) is 1.25. The summed E-state index contributed by atoms with van der Waals surface area (Å²) in [7, 11) is 0. The number of rotatable bonds is 5. The molecule has 1 aromatic carbocycles. The van der Waals surface area contributed by atoms with Crippen molar-refractivity contribution in [3.05, 3.63) is 23.8 Å². The molecular weight excluding hydrogens is 266 g/mol. The highest BCUT2D eigenvalue weighted by molar-refractivity contribution is 5.94. The zero-order valence-corrected chi connectivity index (χ0v) is 12.4. The van der Waals surface area contributed by atoms with Crippen molar-refractivity contribution in [3.63, 3.8) is 0 Å². The summed E-state index contributed by atoms with van der Waals surface area (Å²) in [5.74, 6) is 1.02. The molecule has 3 rings (SSSR count). The van der Waals surface area contributed by atoms with Gasteiger partial charge in [-0.05, 0) is 25.0 Å². The summed E-state index contributed by atoms with van der Waals surface area (Å²) in [6.45, 7) is 6.26. The van der Waals surface area contributed by atoms with Gasteiger partial charge in [0.2, 0.25) is 5.91 Å². The SMILES string of the molecule is O=C1CCc2c(cccc2OCCCN2CCNCC2)N1. The lowest BCUT2D eigenvalue weighted by Crippen LogP contribution is -2.43. The Labute approximate surface area is 125 Å². The minimum Gasteiger partial charge on any atom is -0.493 e. The first-order valence-electron chi connectivity index (χ1n) is 7.80. The minimum absolute atomic E-state index is 0.0957. The van der Waals surface area contributed by atoms with E-state index < -0.39 is 0 Å². The molecule has 2 N–H and O–H groups in total. The van der Waals surface area contributed by atoms with Crippen LogP contribution < -0.4 is 15.4 Å². The number of ether oxygens (including phenoxy) is 1. The summed E-state index contributed by atoms with van der Waals surface area (Å²) < 4.78 is 5.94. The number of piperazine rings is 1. The summed E-state index contributed by atoms with van der Waals surface area (Å²) in [5.41, 5.74) is 2.05. The van der Waals surface area contributed by atoms with Gasteiger partial charge in [-0.3, -0.25) is 4.79 Å². The first-order valence-corrected chi connectivity index (χ1v) is 7.80. The molecule has 2 aliphatic heterocycles. The number of fused-ring (bicyclic) bond motifs is 1. The highest BCUT2D eigenvalue weighted by atomic mass is 16.5. The fourth-order valence-corrected chi connectivity index (χ4v) is 2.93. The Morgan fingerprint density at radius 3 is 2.90 bits per heavy atom. The molecule has 21 heavy (non-hydrogen) atoms. The number of benzene rings is 1. The van der Waals surface area contributed by atoms with Crippen molar-refractivity contribution in [2.75, 3.05) is 44.6 Å². The van der Waals surface area contributed by atoms with Crippen LogP contribution in [0.4, 0.5) is 5.69 Å². The molecule has 1 amide bonds. The molecule has 1 saturated heterocycles. The summed E-state index contributed by atoms with van der Waals surface area (Å²) in [5, 5.41) is 6.27. The van der Waals surface area contributed by atoms with Gasteiger partial charge in [-0.25, -0.2) is 0 Å². The van der Waals surface area contributed by atoms with E-state index >= 15 is 0 Å². The lowest BCUT2D eigenvalue weighted by atomic mass is 10.0. The van der Waals surface area contributed by atoms with Gasteiger partial charge in [-0.1, -0.05) is 6.07 Å². The second-order valence-corrected chi connectivity index (χ2v) is 5.62. The first-order chi connectivity index (χ1) is 10.3. The molecule has 2 aliphatic rings. The van der Waals surface area contributed by atoms with E-state index in [0.29, 0.717) is 6.42 Å². The van der Waals surface area contributed by atoms with Gasteiger partial charge >= 0.3 is 0 Å². The Morgan fingerprint density at radius 2 is 2.05 bits per heavy atom. The normalized spacial score (nSPS) is 19.0. The van der Waals surface area contributed by atoms with E-state index in [4.69, 9.17) is 4.74 Å². The largest absolute Gasteiger partial charge is 0.493 e. The average molecular weight is 289 g/mol. The Bertz CT molecular complexity index is 498. The van der Waals surface area contributed by atoms with Crippen LogP contribution in [0.2, 0.25) is 0 Å². The zero-order chi connectivity index (χ0) is 14.5. The third-order valence-corrected chi connectivity index (χ3v) is 4.10. The average Bonchev–Trinajstić information content (AvgIpc) is 2.52. The van der Waals surface area contributed by atoms with E-state index in [-0.39, 0.29) is 5.91 Å². The van der Waals surface area contributed by atoms with Gasteiger partial charge in [-0.15, -0.1) is 0 Å². The third kappa shape index (κ3) is 3.74. The van der Waals surface area contributed by atoms with E-state index in [9.17, 15) is 4.79 Å². The molecule has 1 fully saturated rings. The molecule has 5 nitrogen and oxygen atoms in total. The molecule has 0 unspecified atom stereocenters. The van der Waals surface area contributed by atoms with E-state index in [0.717, 1.165) is 69.2 Å². The van der Waals surface area contributed by atoms with E-state index in [1.165, 1.54) is 0 Å². The lowest BCUT2D eigenvalue weighted by molar-refractivity contribution is -0.116. The molecule has 1 aromatic rings. The molecule has 0 aromatic heterocycles. The van der Waals surface area contributed by atoms with Crippen LogP contribution in [0.25, 0.3) is 0 Å². The van der Waals surface area contributed by atoms with Crippen molar-refractivity contribution in [2.45, 2.75) is 19.3 Å². The maximum atomic E-state index is 11.4. The van der Waals surface area contributed by atoms with E-state index in [2.05, 4.69) is 15.5 Å². The fraction of sp³-hybridized carbons (Fsp3) is 0.562. The van der Waals surface area contributed by atoms with Crippen LogP contribution in [-0.2, 0) is 11.2 Å². The number of anilines is 1. The van der Waals surface area contributed by atoms with Crippen LogP contribution in [0.15, 0.2) is 18.2 Å².